The maximum Gasteiger partial charge on any atom is 0.302 e. The van der Waals surface area contributed by atoms with Gasteiger partial charge in [0.2, 0.25) is 5.91 Å². The molecule has 4 atom stereocenters. The molecule has 6 N–H and O–H groups in total. The van der Waals surface area contributed by atoms with Gasteiger partial charge in [-0.2, -0.15) is 0 Å². The molecule has 4 unspecified atom stereocenters. The molecule has 4 bridgehead atoms. The first-order valence-electron chi connectivity index (χ1n) is 16.6. The van der Waals surface area contributed by atoms with E-state index in [1.807, 2.05) is 27.8 Å². The third-order valence-corrected chi connectivity index (χ3v) is 11.4. The Kier molecular flexibility index (Phi) is 14.3. The molecule has 1 aliphatic carbocycles. The van der Waals surface area contributed by atoms with E-state index in [0.717, 1.165) is 74.9 Å². The van der Waals surface area contributed by atoms with E-state index in [2.05, 4.69) is 4.99 Å². The number of esters is 1. The molecule has 252 valence electrons. The fourth-order valence-electron chi connectivity index (χ4n) is 6.68. The lowest BCUT2D eigenvalue weighted by Gasteiger charge is -2.23. The number of aliphatic imine (C=N–C) groups is 1. The number of hydrogen-bond donors (Lipinski definition) is 4. The number of aliphatic hydroxyl groups is 1. The van der Waals surface area contributed by atoms with Gasteiger partial charge in [-0.05, 0) is 75.3 Å². The molecule has 1 aromatic carbocycles. The number of carbonyl (C=O) groups excluding carboxylic acids is 2. The molecule has 3 aliphatic rings. The number of aryl methyl sites for hydroxylation is 1. The van der Waals surface area contributed by atoms with Crippen LogP contribution in [-0.4, -0.2) is 75.4 Å². The van der Waals surface area contributed by atoms with Crippen molar-refractivity contribution >= 4 is 39.4 Å². The number of phenols is 1. The zero-order valence-electron chi connectivity index (χ0n) is 26.7. The Morgan fingerprint density at radius 3 is 2.51 bits per heavy atom. The molecule has 1 saturated heterocycles. The summed E-state index contributed by atoms with van der Waals surface area (Å²) in [5, 5.41) is 22.1. The quantitative estimate of drug-likeness (QED) is 0.148. The molecule has 10 nitrogen and oxygen atoms in total. The van der Waals surface area contributed by atoms with Crippen molar-refractivity contribution in [3.05, 3.63) is 23.3 Å². The highest BCUT2D eigenvalue weighted by molar-refractivity contribution is 8.76. The van der Waals surface area contributed by atoms with Crippen LogP contribution in [0.4, 0.5) is 0 Å². The van der Waals surface area contributed by atoms with Gasteiger partial charge < -0.3 is 36.1 Å². The van der Waals surface area contributed by atoms with Crippen molar-refractivity contribution in [3.63, 3.8) is 0 Å². The van der Waals surface area contributed by atoms with Gasteiger partial charge in [0.1, 0.15) is 6.10 Å². The summed E-state index contributed by atoms with van der Waals surface area (Å²) >= 11 is 0. The number of phenolic OH excluding ortho intramolecular Hbond substituents is 1. The first-order valence-corrected chi connectivity index (χ1v) is 19.1. The third-order valence-electron chi connectivity index (χ3n) is 8.88. The number of guanidine groups is 1. The number of fused-ring (bicyclic) bond motifs is 4. The summed E-state index contributed by atoms with van der Waals surface area (Å²) in [4.78, 5) is 31.4. The number of amides is 1. The molecule has 2 heterocycles. The highest BCUT2D eigenvalue weighted by Crippen LogP contribution is 2.38. The Morgan fingerprint density at radius 2 is 1.76 bits per heavy atom. The molecule has 4 rings (SSSR count). The van der Waals surface area contributed by atoms with Gasteiger partial charge in [0, 0.05) is 49.9 Å². The first kappa shape index (κ1) is 35.5. The standard InChI is InChI=1S/C33H52N4O6S2/c1-22(38)42-29-12-11-23-14-25(32(41)30(16-23)43-28-9-5-6-10-28)20-37-19-24(17-31(37)40)15-26(36-33(34)35)21-45-44-13-7-3-2-4-8-27(39)18-29/h14,16,24,26-29,39,41H,2-13,15,17-21H2,1H3,(H4,34,35,36). The van der Waals surface area contributed by atoms with Crippen molar-refractivity contribution in [1.29, 1.82) is 0 Å². The lowest BCUT2D eigenvalue weighted by Crippen LogP contribution is -2.28. The van der Waals surface area contributed by atoms with Gasteiger partial charge in [0.05, 0.1) is 18.2 Å². The third kappa shape index (κ3) is 12.1. The minimum Gasteiger partial charge on any atom is -0.504 e. The molecule has 1 aromatic rings. The molecule has 2 aliphatic heterocycles. The van der Waals surface area contributed by atoms with Gasteiger partial charge in [-0.3, -0.25) is 9.59 Å². The number of aromatic hydroxyl groups is 1. The molecular formula is C33H52N4O6S2. The van der Waals surface area contributed by atoms with Crippen molar-refractivity contribution in [2.45, 2.75) is 128 Å². The van der Waals surface area contributed by atoms with Crippen LogP contribution in [0.25, 0.3) is 0 Å². The van der Waals surface area contributed by atoms with E-state index in [4.69, 9.17) is 20.9 Å². The lowest BCUT2D eigenvalue weighted by atomic mass is 9.98. The average molecular weight is 665 g/mol. The van der Waals surface area contributed by atoms with E-state index >= 15 is 0 Å². The van der Waals surface area contributed by atoms with Gasteiger partial charge >= 0.3 is 5.97 Å². The van der Waals surface area contributed by atoms with Crippen LogP contribution in [0.5, 0.6) is 11.5 Å². The minimum absolute atomic E-state index is 0.0481. The van der Waals surface area contributed by atoms with Gasteiger partial charge in [-0.1, -0.05) is 46.9 Å². The minimum atomic E-state index is -0.542. The topological polar surface area (TPSA) is 161 Å². The molecule has 0 spiro atoms. The predicted octanol–water partition coefficient (Wildman–Crippen LogP) is 5.06. The SMILES string of the molecule is CC(=O)OC1CCc2cc(c(O)c(OC3CCCC3)c2)CN2CC(CC2=O)CC(N=C(N)N)CSSCCCCCCC(O)C1. The Bertz CT molecular complexity index is 1140. The van der Waals surface area contributed by atoms with Crippen molar-refractivity contribution in [2.24, 2.45) is 22.4 Å². The summed E-state index contributed by atoms with van der Waals surface area (Å²) in [6.45, 7) is 2.25. The Labute approximate surface area is 275 Å². The van der Waals surface area contributed by atoms with Crippen LogP contribution in [0.2, 0.25) is 0 Å². The number of hydrogen-bond acceptors (Lipinski definition) is 9. The Hall–Kier alpha value is -2.31. The summed E-state index contributed by atoms with van der Waals surface area (Å²) in [5.41, 5.74) is 13.1. The molecule has 12 heteroatoms. The van der Waals surface area contributed by atoms with Crippen LogP contribution in [0, 0.1) is 5.92 Å². The Morgan fingerprint density at radius 1 is 1.00 bits per heavy atom. The molecule has 0 radical (unpaired) electrons. The summed E-state index contributed by atoms with van der Waals surface area (Å²) in [7, 11) is 3.59. The maximum atomic E-state index is 13.2. The van der Waals surface area contributed by atoms with Crippen molar-refractivity contribution in [2.75, 3.05) is 18.1 Å². The van der Waals surface area contributed by atoms with E-state index < -0.39 is 12.2 Å². The number of nitrogens with zero attached hydrogens (tertiary/aromatic N) is 2. The number of nitrogens with two attached hydrogens (primary N) is 2. The lowest BCUT2D eigenvalue weighted by molar-refractivity contribution is -0.148. The number of ether oxygens (including phenoxy) is 2. The fraction of sp³-hybridized carbons (Fsp3) is 0.727. The van der Waals surface area contributed by atoms with Gasteiger partial charge in [-0.15, -0.1) is 0 Å². The molecule has 1 saturated carbocycles. The number of carbonyl (C=O) groups is 2. The smallest absolute Gasteiger partial charge is 0.302 e. The van der Waals surface area contributed by atoms with E-state index in [9.17, 15) is 19.8 Å². The molecule has 45 heavy (non-hydrogen) atoms. The van der Waals surface area contributed by atoms with Gasteiger partial charge in [0.15, 0.2) is 17.5 Å². The number of benzene rings is 1. The van der Waals surface area contributed by atoms with Crippen molar-refractivity contribution in [3.8, 4) is 11.5 Å². The zero-order chi connectivity index (χ0) is 32.2. The normalized spacial score (nSPS) is 26.7. The Balaban J connectivity index is 1.56. The summed E-state index contributed by atoms with van der Waals surface area (Å²) in [5.74, 6) is 2.19. The van der Waals surface area contributed by atoms with Crippen LogP contribution >= 0.6 is 21.6 Å². The monoisotopic (exact) mass is 664 g/mol. The number of rotatable bonds is 4. The van der Waals surface area contributed by atoms with Crippen molar-refractivity contribution < 1.29 is 29.3 Å². The summed E-state index contributed by atoms with van der Waals surface area (Å²) < 4.78 is 11.9. The molecular weight excluding hydrogens is 613 g/mol. The van der Waals surface area contributed by atoms with Crippen LogP contribution < -0.4 is 16.2 Å². The second-order valence-electron chi connectivity index (χ2n) is 12.9. The van der Waals surface area contributed by atoms with Gasteiger partial charge in [-0.25, -0.2) is 4.99 Å². The van der Waals surface area contributed by atoms with E-state index in [1.165, 1.54) is 6.92 Å². The molecule has 1 amide bonds. The summed E-state index contributed by atoms with van der Waals surface area (Å²) in [6, 6.07) is 3.75. The fourth-order valence-corrected chi connectivity index (χ4v) is 9.05. The highest BCUT2D eigenvalue weighted by atomic mass is 33.1. The van der Waals surface area contributed by atoms with Crippen LogP contribution in [-0.2, 0) is 27.3 Å². The summed E-state index contributed by atoms with van der Waals surface area (Å²) in [6.07, 6.45) is 10.7. The largest absolute Gasteiger partial charge is 0.504 e. The average Bonchev–Trinajstić information content (AvgIpc) is 3.61. The highest BCUT2D eigenvalue weighted by Gasteiger charge is 2.32. The van der Waals surface area contributed by atoms with Crippen LogP contribution in [0.3, 0.4) is 0 Å². The van der Waals surface area contributed by atoms with E-state index in [1.54, 1.807) is 10.8 Å². The van der Waals surface area contributed by atoms with Gasteiger partial charge in [0.25, 0.3) is 0 Å². The molecule has 2 fully saturated rings. The van der Waals surface area contributed by atoms with Crippen molar-refractivity contribution in [1.82, 2.24) is 4.90 Å². The maximum absolute atomic E-state index is 13.2. The second kappa shape index (κ2) is 18.1. The van der Waals surface area contributed by atoms with E-state index in [0.29, 0.717) is 50.0 Å². The predicted molar refractivity (Wildman–Crippen MR) is 181 cm³/mol. The zero-order valence-corrected chi connectivity index (χ0v) is 28.3. The van der Waals surface area contributed by atoms with Crippen LogP contribution in [0.1, 0.15) is 102 Å². The van der Waals surface area contributed by atoms with E-state index in [-0.39, 0.29) is 48.2 Å². The van der Waals surface area contributed by atoms with Crippen LogP contribution in [0.15, 0.2) is 17.1 Å². The number of aliphatic hydroxyl groups excluding tert-OH is 1. The first-order chi connectivity index (χ1) is 21.7. The molecule has 0 aromatic heterocycles. The second-order valence-corrected chi connectivity index (χ2v) is 15.5.